The molecule has 3 aromatic rings. The second-order valence-electron chi connectivity index (χ2n) is 7.36. The van der Waals surface area contributed by atoms with E-state index in [1.165, 1.54) is 27.4 Å². The molecule has 0 radical (unpaired) electrons. The zero-order valence-corrected chi connectivity index (χ0v) is 20.3. The van der Waals surface area contributed by atoms with Crippen LogP contribution >= 0.6 is 11.9 Å². The van der Waals surface area contributed by atoms with E-state index in [4.69, 9.17) is 14.2 Å². The van der Waals surface area contributed by atoms with Gasteiger partial charge in [-0.25, -0.2) is 4.31 Å². The minimum Gasteiger partial charge on any atom is -0.497 e. The smallest absolute Gasteiger partial charge is 0.307 e. The van der Waals surface area contributed by atoms with E-state index in [9.17, 15) is 20.0 Å². The highest BCUT2D eigenvalue weighted by molar-refractivity contribution is 7.97. The van der Waals surface area contributed by atoms with Gasteiger partial charge in [0.15, 0.2) is 0 Å². The highest BCUT2D eigenvalue weighted by atomic mass is 32.2. The van der Waals surface area contributed by atoms with Crippen LogP contribution < -0.4 is 9.47 Å². The van der Waals surface area contributed by atoms with Gasteiger partial charge in [-0.15, -0.1) is 0 Å². The van der Waals surface area contributed by atoms with Crippen LogP contribution in [0.2, 0.25) is 0 Å². The van der Waals surface area contributed by atoms with Crippen LogP contribution in [0, 0.1) is 10.1 Å². The number of hydrogen-bond donors (Lipinski definition) is 1. The van der Waals surface area contributed by atoms with E-state index in [-0.39, 0.29) is 12.1 Å². The van der Waals surface area contributed by atoms with Crippen LogP contribution in [0.25, 0.3) is 0 Å². The fourth-order valence-electron chi connectivity index (χ4n) is 3.52. The number of esters is 1. The number of ether oxygens (including phenoxy) is 3. The molecule has 0 amide bonds. The molecule has 2 atom stereocenters. The Morgan fingerprint density at radius 3 is 2.34 bits per heavy atom. The molecule has 0 aliphatic heterocycles. The number of carbonyl (C=O) groups excluding carboxylic acids is 1. The van der Waals surface area contributed by atoms with Crippen molar-refractivity contribution in [1.82, 2.24) is 4.31 Å². The zero-order valence-electron chi connectivity index (χ0n) is 19.5. The van der Waals surface area contributed by atoms with E-state index in [0.29, 0.717) is 22.0 Å². The normalized spacial score (nSPS) is 12.6. The van der Waals surface area contributed by atoms with Crippen LogP contribution in [0.5, 0.6) is 11.5 Å². The zero-order chi connectivity index (χ0) is 25.4. The molecule has 0 heterocycles. The summed E-state index contributed by atoms with van der Waals surface area (Å²) < 4.78 is 17.2. The van der Waals surface area contributed by atoms with Gasteiger partial charge in [-0.05, 0) is 35.7 Å². The summed E-state index contributed by atoms with van der Waals surface area (Å²) in [5.74, 6) is 0.390. The maximum atomic E-state index is 12.4. The first-order chi connectivity index (χ1) is 16.9. The number of nitrogens with zero attached hydrogens (tertiary/aromatic N) is 2. The maximum Gasteiger partial charge on any atom is 0.307 e. The number of hydrogen-bond acceptors (Lipinski definition) is 9. The van der Waals surface area contributed by atoms with Gasteiger partial charge in [0.05, 0.1) is 38.7 Å². The Balaban J connectivity index is 2.16. The molecule has 0 saturated heterocycles. The molecular weight excluding hydrogens is 472 g/mol. The van der Waals surface area contributed by atoms with Crippen molar-refractivity contribution < 1.29 is 29.0 Å². The molecule has 3 aromatic carbocycles. The SMILES string of the molecule is COC(=O)CC(c1ccccc1)N(Sc1ccccc1[N+](=O)[O-])C(O)c1ccc(OC)cc1OC. The molecule has 0 aromatic heterocycles. The summed E-state index contributed by atoms with van der Waals surface area (Å²) in [6.07, 6.45) is -1.43. The van der Waals surface area contributed by atoms with Crippen LogP contribution in [0.4, 0.5) is 5.69 Å². The van der Waals surface area contributed by atoms with Crippen molar-refractivity contribution in [3.63, 3.8) is 0 Å². The fourth-order valence-corrected chi connectivity index (χ4v) is 4.66. The summed E-state index contributed by atoms with van der Waals surface area (Å²) in [4.78, 5) is 23.9. The first kappa shape index (κ1) is 26.0. The predicted octanol–water partition coefficient (Wildman–Crippen LogP) is 4.92. The Hall–Kier alpha value is -3.60. The van der Waals surface area contributed by atoms with Crippen molar-refractivity contribution in [2.24, 2.45) is 0 Å². The first-order valence-electron chi connectivity index (χ1n) is 10.6. The minimum absolute atomic E-state index is 0.107. The van der Waals surface area contributed by atoms with Crippen LogP contribution in [0.1, 0.15) is 29.8 Å². The van der Waals surface area contributed by atoms with E-state index in [0.717, 1.165) is 17.5 Å². The van der Waals surface area contributed by atoms with Crippen molar-refractivity contribution in [2.75, 3.05) is 21.3 Å². The summed E-state index contributed by atoms with van der Waals surface area (Å²) in [7, 11) is 4.27. The van der Waals surface area contributed by atoms with E-state index in [1.807, 2.05) is 30.3 Å². The lowest BCUT2D eigenvalue weighted by Gasteiger charge is -2.34. The van der Waals surface area contributed by atoms with Gasteiger partial charge in [-0.1, -0.05) is 42.5 Å². The third-order valence-corrected chi connectivity index (χ3v) is 6.51. The third-order valence-electron chi connectivity index (χ3n) is 5.30. The van der Waals surface area contributed by atoms with Gasteiger partial charge in [0, 0.05) is 17.7 Å². The van der Waals surface area contributed by atoms with Gasteiger partial charge in [-0.3, -0.25) is 14.9 Å². The van der Waals surface area contributed by atoms with Gasteiger partial charge >= 0.3 is 5.97 Å². The van der Waals surface area contributed by atoms with Crippen LogP contribution in [-0.2, 0) is 9.53 Å². The number of nitro groups is 1. The molecule has 0 bridgehead atoms. The molecule has 184 valence electrons. The van der Waals surface area contributed by atoms with Gasteiger partial charge in [-0.2, -0.15) is 0 Å². The van der Waals surface area contributed by atoms with E-state index >= 15 is 0 Å². The molecule has 0 spiro atoms. The molecule has 1 N–H and O–H groups in total. The Morgan fingerprint density at radius 1 is 1.03 bits per heavy atom. The Morgan fingerprint density at radius 2 is 1.71 bits per heavy atom. The quantitative estimate of drug-likeness (QED) is 0.129. The van der Waals surface area contributed by atoms with Gasteiger partial charge < -0.3 is 19.3 Å². The first-order valence-corrected chi connectivity index (χ1v) is 11.4. The lowest BCUT2D eigenvalue weighted by molar-refractivity contribution is -0.387. The number of para-hydroxylation sites is 1. The second-order valence-corrected chi connectivity index (χ2v) is 8.41. The molecule has 35 heavy (non-hydrogen) atoms. The number of carbonyl (C=O) groups is 1. The van der Waals surface area contributed by atoms with Crippen molar-refractivity contribution >= 4 is 23.6 Å². The van der Waals surface area contributed by atoms with Gasteiger partial charge in [0.2, 0.25) is 0 Å². The minimum atomic E-state index is -1.32. The second kappa shape index (κ2) is 12.2. The largest absolute Gasteiger partial charge is 0.497 e. The van der Waals surface area contributed by atoms with Crippen molar-refractivity contribution in [1.29, 1.82) is 0 Å². The lowest BCUT2D eigenvalue weighted by Crippen LogP contribution is -2.29. The van der Waals surface area contributed by atoms with Gasteiger partial charge in [0.1, 0.15) is 22.6 Å². The van der Waals surface area contributed by atoms with Crippen LogP contribution in [-0.4, -0.2) is 41.6 Å². The third kappa shape index (κ3) is 6.30. The molecule has 0 saturated carbocycles. The molecule has 0 aliphatic carbocycles. The summed E-state index contributed by atoms with van der Waals surface area (Å²) >= 11 is 0.978. The molecule has 10 heteroatoms. The molecule has 0 fully saturated rings. The van der Waals surface area contributed by atoms with Crippen molar-refractivity contribution in [3.8, 4) is 11.5 Å². The monoisotopic (exact) mass is 498 g/mol. The maximum absolute atomic E-state index is 12.4. The molecule has 9 nitrogen and oxygen atoms in total. The number of aliphatic hydroxyl groups is 1. The number of aliphatic hydroxyl groups excluding tert-OH is 1. The van der Waals surface area contributed by atoms with Crippen molar-refractivity contribution in [3.05, 3.63) is 94.0 Å². The molecule has 0 aliphatic rings. The summed E-state index contributed by atoms with van der Waals surface area (Å²) in [6.45, 7) is 0. The summed E-state index contributed by atoms with van der Waals surface area (Å²) in [5.41, 5.74) is 0.988. The topological polar surface area (TPSA) is 111 Å². The highest BCUT2D eigenvalue weighted by Crippen LogP contribution is 2.45. The lowest BCUT2D eigenvalue weighted by atomic mass is 10.0. The highest BCUT2D eigenvalue weighted by Gasteiger charge is 2.34. The Bertz CT molecular complexity index is 1160. The number of nitro benzene ring substituents is 1. The number of benzene rings is 3. The average molecular weight is 499 g/mol. The number of rotatable bonds is 11. The molecular formula is C25H26N2O7S. The van der Waals surface area contributed by atoms with E-state index in [2.05, 4.69) is 0 Å². The molecule has 3 rings (SSSR count). The van der Waals surface area contributed by atoms with Crippen molar-refractivity contribution in [2.45, 2.75) is 23.6 Å². The predicted molar refractivity (Wildman–Crippen MR) is 131 cm³/mol. The van der Waals surface area contributed by atoms with Gasteiger partial charge in [0.25, 0.3) is 5.69 Å². The Kier molecular flexibility index (Phi) is 9.07. The van der Waals surface area contributed by atoms with Crippen LogP contribution in [0.15, 0.2) is 77.7 Å². The summed E-state index contributed by atoms with van der Waals surface area (Å²) in [5, 5.41) is 23.3. The molecule has 2 unspecified atom stereocenters. The fraction of sp³-hybridized carbons (Fsp3) is 0.240. The van der Waals surface area contributed by atoms with E-state index in [1.54, 1.807) is 40.7 Å². The Labute approximate surface area is 207 Å². The standard InChI is InChI=1S/C25H26N2O7S/c1-32-18-13-14-19(22(15-18)33-2)25(29)26(35-23-12-8-7-11-20(23)27(30)31)21(16-24(28)34-3)17-9-5-4-6-10-17/h4-15,21,25,29H,16H2,1-3H3. The van der Waals surface area contributed by atoms with E-state index < -0.39 is 23.2 Å². The van der Waals surface area contributed by atoms with Crippen LogP contribution in [0.3, 0.4) is 0 Å². The number of methoxy groups -OCH3 is 3. The summed E-state index contributed by atoms with van der Waals surface area (Å²) in [6, 6.07) is 19.6. The average Bonchev–Trinajstić information content (AvgIpc) is 2.90.